The molecule has 31 heavy (non-hydrogen) atoms. The van der Waals surface area contributed by atoms with Gasteiger partial charge in [-0.3, -0.25) is 14.3 Å². The number of fused-ring (bicyclic) bond motifs is 1. The number of benzene rings is 1. The molecule has 3 N–H and O–H groups in total. The Labute approximate surface area is 181 Å². The second-order valence-electron chi connectivity index (χ2n) is 6.78. The molecule has 0 saturated carbocycles. The Morgan fingerprint density at radius 2 is 1.97 bits per heavy atom. The SMILES string of the molecule is COCCn1c(S[C@H](C)C(=O)Nc2ccc3[nH]c(=O)[nH]c3c2)nnc1-c1ccncc1. The van der Waals surface area contributed by atoms with Gasteiger partial charge in [-0.25, -0.2) is 4.79 Å². The molecule has 0 radical (unpaired) electrons. The second kappa shape index (κ2) is 9.14. The van der Waals surface area contributed by atoms with Crippen molar-refractivity contribution in [2.75, 3.05) is 19.0 Å². The van der Waals surface area contributed by atoms with Crippen molar-refractivity contribution < 1.29 is 9.53 Å². The number of hydrogen-bond donors (Lipinski definition) is 3. The Bertz CT molecular complexity index is 1250. The Kier molecular flexibility index (Phi) is 6.14. The molecule has 1 amide bonds. The summed E-state index contributed by atoms with van der Waals surface area (Å²) >= 11 is 1.31. The summed E-state index contributed by atoms with van der Waals surface area (Å²) in [5.74, 6) is 0.505. The molecule has 0 fully saturated rings. The van der Waals surface area contributed by atoms with Gasteiger partial charge in [-0.15, -0.1) is 10.2 Å². The number of nitrogens with zero attached hydrogens (tertiary/aromatic N) is 4. The number of carbonyl (C=O) groups excluding carboxylic acids is 1. The molecule has 0 bridgehead atoms. The van der Waals surface area contributed by atoms with Crippen LogP contribution in [0.3, 0.4) is 0 Å². The van der Waals surface area contributed by atoms with E-state index in [1.165, 1.54) is 11.8 Å². The summed E-state index contributed by atoms with van der Waals surface area (Å²) in [5.41, 5.74) is 2.50. The zero-order chi connectivity index (χ0) is 21.8. The monoisotopic (exact) mass is 439 g/mol. The van der Waals surface area contributed by atoms with E-state index in [2.05, 4.69) is 30.5 Å². The van der Waals surface area contributed by atoms with Crippen molar-refractivity contribution in [3.8, 4) is 11.4 Å². The normalized spacial score (nSPS) is 12.2. The first-order valence-electron chi connectivity index (χ1n) is 9.57. The van der Waals surface area contributed by atoms with E-state index in [1.807, 2.05) is 16.7 Å². The van der Waals surface area contributed by atoms with Crippen LogP contribution in [0.5, 0.6) is 0 Å². The van der Waals surface area contributed by atoms with E-state index < -0.39 is 5.25 Å². The van der Waals surface area contributed by atoms with Gasteiger partial charge in [0.15, 0.2) is 11.0 Å². The predicted octanol–water partition coefficient (Wildman–Crippen LogP) is 2.28. The van der Waals surface area contributed by atoms with E-state index in [9.17, 15) is 9.59 Å². The van der Waals surface area contributed by atoms with Crippen molar-refractivity contribution in [1.29, 1.82) is 0 Å². The summed E-state index contributed by atoms with van der Waals surface area (Å²) in [6, 6.07) is 8.91. The summed E-state index contributed by atoms with van der Waals surface area (Å²) in [4.78, 5) is 33.6. The van der Waals surface area contributed by atoms with Gasteiger partial charge in [0.1, 0.15) is 0 Å². The molecular weight excluding hydrogens is 418 g/mol. The molecule has 0 aliphatic rings. The third-order valence-corrected chi connectivity index (χ3v) is 5.69. The summed E-state index contributed by atoms with van der Waals surface area (Å²) < 4.78 is 7.16. The van der Waals surface area contributed by atoms with E-state index in [0.29, 0.717) is 40.9 Å². The second-order valence-corrected chi connectivity index (χ2v) is 8.08. The van der Waals surface area contributed by atoms with Gasteiger partial charge in [0, 0.05) is 30.8 Å². The van der Waals surface area contributed by atoms with Crippen molar-refractivity contribution in [2.24, 2.45) is 0 Å². The van der Waals surface area contributed by atoms with Crippen molar-refractivity contribution in [2.45, 2.75) is 23.9 Å². The smallest absolute Gasteiger partial charge is 0.323 e. The van der Waals surface area contributed by atoms with Crippen LogP contribution >= 0.6 is 11.8 Å². The maximum Gasteiger partial charge on any atom is 0.323 e. The number of H-pyrrole nitrogens is 2. The molecule has 3 aromatic heterocycles. The number of rotatable bonds is 8. The lowest BCUT2D eigenvalue weighted by Gasteiger charge is -2.13. The van der Waals surface area contributed by atoms with E-state index >= 15 is 0 Å². The quantitative estimate of drug-likeness (QED) is 0.359. The number of pyridine rings is 1. The number of amides is 1. The van der Waals surface area contributed by atoms with Crippen LogP contribution in [0.25, 0.3) is 22.4 Å². The van der Waals surface area contributed by atoms with Crippen LogP contribution in [-0.2, 0) is 16.1 Å². The molecule has 4 rings (SSSR count). The van der Waals surface area contributed by atoms with Crippen LogP contribution in [0.2, 0.25) is 0 Å². The molecule has 0 aliphatic carbocycles. The zero-order valence-electron chi connectivity index (χ0n) is 17.0. The summed E-state index contributed by atoms with van der Waals surface area (Å²) in [5, 5.41) is 11.7. The number of aromatic nitrogens is 6. The van der Waals surface area contributed by atoms with Crippen molar-refractivity contribution >= 4 is 34.4 Å². The number of imidazole rings is 1. The highest BCUT2D eigenvalue weighted by molar-refractivity contribution is 8.00. The van der Waals surface area contributed by atoms with Gasteiger partial charge in [0.05, 0.1) is 29.4 Å². The summed E-state index contributed by atoms with van der Waals surface area (Å²) in [6.45, 7) is 2.84. The minimum absolute atomic E-state index is 0.186. The molecule has 0 unspecified atom stereocenters. The highest BCUT2D eigenvalue weighted by Crippen LogP contribution is 2.27. The van der Waals surface area contributed by atoms with E-state index in [-0.39, 0.29) is 11.6 Å². The Morgan fingerprint density at radius 1 is 1.19 bits per heavy atom. The van der Waals surface area contributed by atoms with Gasteiger partial charge in [-0.2, -0.15) is 0 Å². The lowest BCUT2D eigenvalue weighted by molar-refractivity contribution is -0.115. The molecule has 0 aliphatic heterocycles. The number of aromatic amines is 2. The highest BCUT2D eigenvalue weighted by Gasteiger charge is 2.21. The zero-order valence-corrected chi connectivity index (χ0v) is 17.8. The lowest BCUT2D eigenvalue weighted by Crippen LogP contribution is -2.23. The molecule has 10 nitrogen and oxygen atoms in total. The van der Waals surface area contributed by atoms with Gasteiger partial charge in [-0.05, 0) is 37.3 Å². The van der Waals surface area contributed by atoms with Crippen LogP contribution in [0.1, 0.15) is 6.92 Å². The fourth-order valence-corrected chi connectivity index (χ4v) is 3.92. The number of hydrogen-bond acceptors (Lipinski definition) is 7. The fraction of sp³-hybridized carbons (Fsp3) is 0.250. The molecule has 1 aromatic carbocycles. The van der Waals surface area contributed by atoms with Crippen LogP contribution in [0.4, 0.5) is 5.69 Å². The number of carbonyl (C=O) groups is 1. The van der Waals surface area contributed by atoms with E-state index in [0.717, 1.165) is 5.56 Å². The lowest BCUT2D eigenvalue weighted by atomic mass is 10.2. The minimum atomic E-state index is -0.434. The molecule has 1 atom stereocenters. The van der Waals surface area contributed by atoms with Crippen molar-refractivity contribution in [3.05, 3.63) is 53.2 Å². The summed E-state index contributed by atoms with van der Waals surface area (Å²) in [7, 11) is 1.63. The average Bonchev–Trinajstić information content (AvgIpc) is 3.34. The molecule has 4 aromatic rings. The number of anilines is 1. The molecule has 0 spiro atoms. The molecule has 3 heterocycles. The first kappa shape index (κ1) is 20.8. The first-order valence-corrected chi connectivity index (χ1v) is 10.4. The molecule has 11 heteroatoms. The Balaban J connectivity index is 1.51. The third kappa shape index (κ3) is 4.67. The number of nitrogens with one attached hydrogen (secondary N) is 3. The van der Waals surface area contributed by atoms with Gasteiger partial charge < -0.3 is 20.0 Å². The molecule has 160 valence electrons. The van der Waals surface area contributed by atoms with E-state index in [1.54, 1.807) is 44.6 Å². The Hall–Kier alpha value is -3.44. The summed E-state index contributed by atoms with van der Waals surface area (Å²) in [6.07, 6.45) is 3.39. The maximum absolute atomic E-state index is 12.8. The number of methoxy groups -OCH3 is 1. The fourth-order valence-electron chi connectivity index (χ4n) is 3.04. The van der Waals surface area contributed by atoms with Gasteiger partial charge in [-0.1, -0.05) is 11.8 Å². The standard InChI is InChI=1S/C20H21N7O3S/c1-12(18(28)22-14-3-4-15-16(11-14)24-19(29)23-15)31-20-26-25-17(27(20)9-10-30-2)13-5-7-21-8-6-13/h3-8,11-12H,9-10H2,1-2H3,(H,22,28)(H2,23,24,29)/t12-/m1/s1. The number of thioether (sulfide) groups is 1. The van der Waals surface area contributed by atoms with Gasteiger partial charge in [0.2, 0.25) is 5.91 Å². The van der Waals surface area contributed by atoms with Crippen LogP contribution < -0.4 is 11.0 Å². The number of ether oxygens (including phenoxy) is 1. The topological polar surface area (TPSA) is 131 Å². The van der Waals surface area contributed by atoms with Crippen LogP contribution in [-0.4, -0.2) is 54.6 Å². The van der Waals surface area contributed by atoms with Gasteiger partial charge in [0.25, 0.3) is 0 Å². The first-order chi connectivity index (χ1) is 15.0. The average molecular weight is 440 g/mol. The van der Waals surface area contributed by atoms with E-state index in [4.69, 9.17) is 4.74 Å². The van der Waals surface area contributed by atoms with Crippen LogP contribution in [0, 0.1) is 0 Å². The Morgan fingerprint density at radius 3 is 2.74 bits per heavy atom. The third-order valence-electron chi connectivity index (χ3n) is 4.61. The predicted molar refractivity (Wildman–Crippen MR) is 118 cm³/mol. The molecule has 0 saturated heterocycles. The van der Waals surface area contributed by atoms with Crippen molar-refractivity contribution in [1.82, 2.24) is 29.7 Å². The maximum atomic E-state index is 12.8. The highest BCUT2D eigenvalue weighted by atomic mass is 32.2. The van der Waals surface area contributed by atoms with Crippen LogP contribution in [0.15, 0.2) is 52.7 Å². The largest absolute Gasteiger partial charge is 0.383 e. The molecular formula is C20H21N7O3S. The minimum Gasteiger partial charge on any atom is -0.383 e. The van der Waals surface area contributed by atoms with Gasteiger partial charge >= 0.3 is 5.69 Å². The van der Waals surface area contributed by atoms with Crippen molar-refractivity contribution in [3.63, 3.8) is 0 Å².